The van der Waals surface area contributed by atoms with E-state index in [9.17, 15) is 13.2 Å². The third kappa shape index (κ3) is 5.53. The number of ether oxygens (including phenoxy) is 3. The van der Waals surface area contributed by atoms with Crippen LogP contribution in [0.4, 0.5) is 13.2 Å². The number of hydrogen-bond donors (Lipinski definition) is 1. The van der Waals surface area contributed by atoms with Crippen LogP contribution in [0.25, 0.3) is 11.1 Å². The minimum atomic E-state index is -4.77. The highest BCUT2D eigenvalue weighted by molar-refractivity contribution is 5.68. The second-order valence-corrected chi connectivity index (χ2v) is 6.45. The number of nitrogens with one attached hydrogen (secondary N) is 1. The third-order valence-electron chi connectivity index (χ3n) is 4.51. The zero-order valence-electron chi connectivity index (χ0n) is 15.0. The molecule has 0 atom stereocenters. The fraction of sp³-hybridized carbons (Fsp3) is 0.400. The van der Waals surface area contributed by atoms with Gasteiger partial charge in [-0.1, -0.05) is 18.2 Å². The van der Waals surface area contributed by atoms with E-state index in [-0.39, 0.29) is 11.5 Å². The van der Waals surface area contributed by atoms with Gasteiger partial charge in [0.25, 0.3) is 0 Å². The fourth-order valence-corrected chi connectivity index (χ4v) is 3.07. The summed E-state index contributed by atoms with van der Waals surface area (Å²) in [5.74, 6) is 0.736. The van der Waals surface area contributed by atoms with Crippen LogP contribution in [-0.2, 0) is 0 Å². The van der Waals surface area contributed by atoms with Crippen LogP contribution >= 0.6 is 0 Å². The van der Waals surface area contributed by atoms with Crippen LogP contribution in [0.5, 0.6) is 17.2 Å². The average Bonchev–Trinajstić information content (AvgIpc) is 2.67. The van der Waals surface area contributed by atoms with Crippen molar-refractivity contribution in [3.05, 3.63) is 42.5 Å². The lowest BCUT2D eigenvalue weighted by atomic mass is 9.99. The third-order valence-corrected chi connectivity index (χ3v) is 4.51. The number of benzene rings is 2. The highest BCUT2D eigenvalue weighted by Gasteiger charge is 2.32. The van der Waals surface area contributed by atoms with Gasteiger partial charge in [-0.15, -0.1) is 13.2 Å². The Morgan fingerprint density at radius 3 is 2.44 bits per heavy atom. The maximum atomic E-state index is 12.7. The van der Waals surface area contributed by atoms with Gasteiger partial charge < -0.3 is 19.5 Å². The first-order valence-electron chi connectivity index (χ1n) is 8.82. The number of methoxy groups -OCH3 is 1. The summed E-state index contributed by atoms with van der Waals surface area (Å²) in [5.41, 5.74) is 1.54. The van der Waals surface area contributed by atoms with E-state index in [4.69, 9.17) is 9.47 Å². The normalized spacial score (nSPS) is 15.4. The lowest BCUT2D eigenvalue weighted by molar-refractivity contribution is -0.275. The zero-order valence-corrected chi connectivity index (χ0v) is 15.0. The van der Waals surface area contributed by atoms with E-state index in [0.29, 0.717) is 18.3 Å². The molecule has 0 aliphatic carbocycles. The molecule has 2 aromatic rings. The molecule has 0 unspecified atom stereocenters. The van der Waals surface area contributed by atoms with Crippen molar-refractivity contribution in [2.45, 2.75) is 19.2 Å². The van der Waals surface area contributed by atoms with Crippen molar-refractivity contribution < 1.29 is 27.4 Å². The monoisotopic (exact) mass is 381 g/mol. The van der Waals surface area contributed by atoms with Crippen LogP contribution in [0.15, 0.2) is 42.5 Å². The smallest absolute Gasteiger partial charge is 0.497 e. The summed E-state index contributed by atoms with van der Waals surface area (Å²) >= 11 is 0. The van der Waals surface area contributed by atoms with Crippen molar-refractivity contribution >= 4 is 0 Å². The first kappa shape index (κ1) is 19.4. The van der Waals surface area contributed by atoms with Crippen molar-refractivity contribution in [3.8, 4) is 28.4 Å². The number of halogens is 3. The SMILES string of the molecule is COc1cccc(-c2ccc(OC(F)(F)F)c(OCC3CCNCC3)c2)c1. The number of hydrogen-bond acceptors (Lipinski definition) is 4. The molecule has 2 aromatic carbocycles. The molecule has 1 N–H and O–H groups in total. The van der Waals surface area contributed by atoms with Gasteiger partial charge >= 0.3 is 6.36 Å². The Hall–Kier alpha value is -2.41. The van der Waals surface area contributed by atoms with E-state index in [2.05, 4.69) is 10.1 Å². The summed E-state index contributed by atoms with van der Waals surface area (Å²) in [6, 6.07) is 11.8. The van der Waals surface area contributed by atoms with Crippen LogP contribution in [0, 0.1) is 5.92 Å². The fourth-order valence-electron chi connectivity index (χ4n) is 3.07. The second kappa shape index (κ2) is 8.52. The molecule has 1 aliphatic heterocycles. The van der Waals surface area contributed by atoms with Crippen molar-refractivity contribution in [1.82, 2.24) is 5.32 Å². The molecule has 1 fully saturated rings. The first-order valence-corrected chi connectivity index (χ1v) is 8.82. The number of piperidine rings is 1. The molecule has 7 heteroatoms. The highest BCUT2D eigenvalue weighted by atomic mass is 19.4. The molecule has 0 amide bonds. The van der Waals surface area contributed by atoms with Gasteiger partial charge in [-0.25, -0.2) is 0 Å². The molecule has 0 aromatic heterocycles. The number of alkyl halides is 3. The zero-order chi connectivity index (χ0) is 19.3. The summed E-state index contributed by atoms with van der Waals surface area (Å²) in [4.78, 5) is 0. The molecular formula is C20H22F3NO3. The highest BCUT2D eigenvalue weighted by Crippen LogP contribution is 2.37. The standard InChI is InChI=1S/C20H22F3NO3/c1-25-17-4-2-3-15(11-17)16-5-6-18(27-20(21,22)23)19(12-16)26-13-14-7-9-24-10-8-14/h2-6,11-12,14,24H,7-10,13H2,1H3. The lowest BCUT2D eigenvalue weighted by Crippen LogP contribution is -2.30. The van der Waals surface area contributed by atoms with Crippen molar-refractivity contribution in [2.75, 3.05) is 26.8 Å². The molecule has 27 heavy (non-hydrogen) atoms. The molecular weight excluding hydrogens is 359 g/mol. The maximum absolute atomic E-state index is 12.7. The van der Waals surface area contributed by atoms with E-state index in [1.165, 1.54) is 6.07 Å². The predicted molar refractivity (Wildman–Crippen MR) is 96.2 cm³/mol. The molecule has 1 heterocycles. The molecule has 0 saturated carbocycles. The van der Waals surface area contributed by atoms with E-state index in [1.807, 2.05) is 18.2 Å². The van der Waals surface area contributed by atoms with Crippen molar-refractivity contribution in [3.63, 3.8) is 0 Å². The average molecular weight is 381 g/mol. The molecule has 146 valence electrons. The Morgan fingerprint density at radius 1 is 1.00 bits per heavy atom. The summed E-state index contributed by atoms with van der Waals surface area (Å²) in [5, 5.41) is 3.26. The molecule has 0 bridgehead atoms. The van der Waals surface area contributed by atoms with Crippen LogP contribution in [0.2, 0.25) is 0 Å². The molecule has 0 spiro atoms. The van der Waals surface area contributed by atoms with Crippen molar-refractivity contribution in [2.24, 2.45) is 5.92 Å². The van der Waals surface area contributed by atoms with Crippen LogP contribution in [-0.4, -0.2) is 33.2 Å². The predicted octanol–water partition coefficient (Wildman–Crippen LogP) is 4.64. The van der Waals surface area contributed by atoms with Gasteiger partial charge in [0, 0.05) is 0 Å². The Labute approximate surface area is 156 Å². The Balaban J connectivity index is 1.85. The van der Waals surface area contributed by atoms with Gasteiger partial charge in [0.1, 0.15) is 5.75 Å². The van der Waals surface area contributed by atoms with Gasteiger partial charge in [0.2, 0.25) is 0 Å². The first-order chi connectivity index (χ1) is 12.9. The topological polar surface area (TPSA) is 39.7 Å². The van der Waals surface area contributed by atoms with E-state index in [0.717, 1.165) is 37.1 Å². The van der Waals surface area contributed by atoms with Crippen LogP contribution in [0.1, 0.15) is 12.8 Å². The van der Waals surface area contributed by atoms with Crippen molar-refractivity contribution in [1.29, 1.82) is 0 Å². The minimum Gasteiger partial charge on any atom is -0.497 e. The summed E-state index contributed by atoms with van der Waals surface area (Å²) < 4.78 is 53.3. The van der Waals surface area contributed by atoms with Gasteiger partial charge in [0.05, 0.1) is 13.7 Å². The van der Waals surface area contributed by atoms with E-state index < -0.39 is 6.36 Å². The van der Waals surface area contributed by atoms with Gasteiger partial charge in [0.15, 0.2) is 11.5 Å². The quantitative estimate of drug-likeness (QED) is 0.791. The van der Waals surface area contributed by atoms with Crippen LogP contribution in [0.3, 0.4) is 0 Å². The molecule has 0 radical (unpaired) electrons. The lowest BCUT2D eigenvalue weighted by Gasteiger charge is -2.23. The molecule has 4 nitrogen and oxygen atoms in total. The summed E-state index contributed by atoms with van der Waals surface area (Å²) in [6.07, 6.45) is -2.90. The largest absolute Gasteiger partial charge is 0.573 e. The molecule has 1 saturated heterocycles. The van der Waals surface area contributed by atoms with E-state index in [1.54, 1.807) is 25.3 Å². The summed E-state index contributed by atoms with van der Waals surface area (Å²) in [7, 11) is 1.56. The molecule has 1 aliphatic rings. The Morgan fingerprint density at radius 2 is 1.74 bits per heavy atom. The Bertz CT molecular complexity index is 758. The number of rotatable bonds is 6. The van der Waals surface area contributed by atoms with E-state index >= 15 is 0 Å². The van der Waals surface area contributed by atoms with Gasteiger partial charge in [-0.2, -0.15) is 0 Å². The minimum absolute atomic E-state index is 0.0891. The van der Waals surface area contributed by atoms with Crippen LogP contribution < -0.4 is 19.5 Å². The molecule has 3 rings (SSSR count). The summed E-state index contributed by atoms with van der Waals surface area (Å²) in [6.45, 7) is 2.14. The van der Waals surface area contributed by atoms with Gasteiger partial charge in [-0.05, 0) is 67.2 Å². The Kier molecular flexibility index (Phi) is 6.11. The maximum Gasteiger partial charge on any atom is 0.573 e. The van der Waals surface area contributed by atoms with Gasteiger partial charge in [-0.3, -0.25) is 0 Å². The second-order valence-electron chi connectivity index (χ2n) is 6.45.